The summed E-state index contributed by atoms with van der Waals surface area (Å²) in [6, 6.07) is 8.33. The zero-order valence-corrected chi connectivity index (χ0v) is 8.56. The van der Waals surface area contributed by atoms with Crippen molar-refractivity contribution in [2.45, 2.75) is 4.90 Å². The van der Waals surface area contributed by atoms with Crippen LogP contribution in [-0.4, -0.2) is 19.2 Å². The summed E-state index contributed by atoms with van der Waals surface area (Å²) < 4.78 is 34.7. The molecule has 1 rings (SSSR count). The van der Waals surface area contributed by atoms with E-state index < -0.39 is 21.4 Å². The van der Waals surface area contributed by atoms with Gasteiger partial charge in [-0.1, -0.05) is 18.2 Å². The van der Waals surface area contributed by atoms with Crippen molar-refractivity contribution in [2.24, 2.45) is 0 Å². The van der Waals surface area contributed by atoms with Crippen molar-refractivity contribution >= 4 is 21.4 Å². The monoisotopic (exact) mass is 219 g/mol. The molecule has 0 heterocycles. The van der Waals surface area contributed by atoms with Gasteiger partial charge in [0.05, 0.1) is 17.6 Å². The zero-order valence-electron chi connectivity index (χ0n) is 6.93. The molecule has 0 aromatic heterocycles. The number of sulfonamides is 1. The van der Waals surface area contributed by atoms with Crippen LogP contribution < -0.4 is 4.13 Å². The lowest BCUT2D eigenvalue weighted by molar-refractivity contribution is 0.579. The molecule has 0 spiro atoms. The number of hydrogen-bond acceptors (Lipinski definition) is 3. The third kappa shape index (κ3) is 3.77. The highest BCUT2D eigenvalue weighted by Gasteiger charge is 2.15. The third-order valence-corrected chi connectivity index (χ3v) is 3.70. The van der Waals surface area contributed by atoms with Crippen molar-refractivity contribution in [1.29, 1.82) is 0 Å². The molecule has 4 nitrogen and oxygen atoms in total. The zero-order chi connectivity index (χ0) is 9.90. The van der Waals surface area contributed by atoms with Crippen LogP contribution in [0.2, 0.25) is 0 Å². The second kappa shape index (κ2) is 4.10. The quantitative estimate of drug-likeness (QED) is 0.741. The Morgan fingerprint density at radius 3 is 2.31 bits per heavy atom. The van der Waals surface area contributed by atoms with E-state index in [1.807, 2.05) is 4.13 Å². The molecule has 0 bridgehead atoms. The Balaban J connectivity index is 2.76. The van der Waals surface area contributed by atoms with Crippen LogP contribution in [0.5, 0.6) is 0 Å². The molecule has 13 heavy (non-hydrogen) atoms. The summed E-state index contributed by atoms with van der Waals surface area (Å²) in [6.07, 6.45) is 0.966. The van der Waals surface area contributed by atoms with E-state index in [2.05, 4.69) is 0 Å². The summed E-state index contributed by atoms with van der Waals surface area (Å²) in [4.78, 5) is 0.438. The average Bonchev–Trinajstić information content (AvgIpc) is 2.03. The van der Waals surface area contributed by atoms with Crippen molar-refractivity contribution in [2.75, 3.05) is 6.26 Å². The van der Waals surface area contributed by atoms with Crippen molar-refractivity contribution in [1.82, 2.24) is 4.13 Å². The molecule has 0 aliphatic rings. The SMILES string of the molecule is CS(=O)(=O)N[S+]([O-])c1ccccc1. The maximum absolute atomic E-state index is 11.3. The Morgan fingerprint density at radius 1 is 1.31 bits per heavy atom. The molecule has 0 aliphatic heterocycles. The van der Waals surface area contributed by atoms with E-state index in [1.54, 1.807) is 30.3 Å². The van der Waals surface area contributed by atoms with Crippen LogP contribution in [-0.2, 0) is 21.4 Å². The number of rotatable bonds is 3. The highest BCUT2D eigenvalue weighted by atomic mass is 32.3. The lowest BCUT2D eigenvalue weighted by Gasteiger charge is -2.07. The van der Waals surface area contributed by atoms with E-state index in [0.29, 0.717) is 4.90 Å². The summed E-state index contributed by atoms with van der Waals surface area (Å²) in [5.41, 5.74) is 0. The molecule has 0 fully saturated rings. The van der Waals surface area contributed by atoms with Crippen molar-refractivity contribution in [3.8, 4) is 0 Å². The molecule has 1 atom stereocenters. The molecule has 0 radical (unpaired) electrons. The molecule has 1 unspecified atom stereocenters. The van der Waals surface area contributed by atoms with Crippen molar-refractivity contribution in [3.05, 3.63) is 30.3 Å². The van der Waals surface area contributed by atoms with Crippen LogP contribution >= 0.6 is 0 Å². The van der Waals surface area contributed by atoms with Crippen LogP contribution in [0.25, 0.3) is 0 Å². The normalized spacial score (nSPS) is 14.0. The van der Waals surface area contributed by atoms with E-state index in [9.17, 15) is 13.0 Å². The van der Waals surface area contributed by atoms with Gasteiger partial charge in [-0.15, -0.1) is 0 Å². The largest absolute Gasteiger partial charge is 0.592 e. The van der Waals surface area contributed by atoms with Crippen LogP contribution in [0, 0.1) is 0 Å². The van der Waals surface area contributed by atoms with Crippen LogP contribution in [0.15, 0.2) is 35.2 Å². The predicted octanol–water partition coefficient (Wildman–Crippen LogP) is 0.258. The second-order valence-corrected chi connectivity index (χ2v) is 5.66. The molecule has 0 saturated carbocycles. The number of nitrogens with one attached hydrogen (secondary N) is 1. The predicted molar refractivity (Wildman–Crippen MR) is 50.8 cm³/mol. The Kier molecular flexibility index (Phi) is 3.32. The van der Waals surface area contributed by atoms with Crippen molar-refractivity contribution < 1.29 is 13.0 Å². The average molecular weight is 219 g/mol. The Bertz CT molecular complexity index is 363. The van der Waals surface area contributed by atoms with Gasteiger partial charge < -0.3 is 4.55 Å². The summed E-state index contributed by atoms with van der Waals surface area (Å²) >= 11 is -1.69. The molecule has 72 valence electrons. The van der Waals surface area contributed by atoms with Crippen molar-refractivity contribution in [3.63, 3.8) is 0 Å². The fraction of sp³-hybridized carbons (Fsp3) is 0.143. The Labute approximate surface area is 80.3 Å². The van der Waals surface area contributed by atoms with Gasteiger partial charge in [0.25, 0.3) is 0 Å². The first-order valence-electron chi connectivity index (χ1n) is 3.43. The van der Waals surface area contributed by atoms with Gasteiger partial charge in [0, 0.05) is 0 Å². The summed E-state index contributed by atoms with van der Waals surface area (Å²) in [7, 11) is -3.42. The standard InChI is InChI=1S/C7H9NO3S2/c1-13(10,11)8-12(9)7-5-3-2-4-6-7/h2-6,8H,1H3. The Hall–Kier alpha value is -0.560. The summed E-state index contributed by atoms with van der Waals surface area (Å²) in [5, 5.41) is 0. The van der Waals surface area contributed by atoms with Gasteiger partial charge in [-0.3, -0.25) is 0 Å². The van der Waals surface area contributed by atoms with Gasteiger partial charge in [0.15, 0.2) is 4.90 Å². The topological polar surface area (TPSA) is 69.2 Å². The van der Waals surface area contributed by atoms with E-state index >= 15 is 0 Å². The molecule has 1 N–H and O–H groups in total. The second-order valence-electron chi connectivity index (χ2n) is 2.44. The minimum absolute atomic E-state index is 0.438. The van der Waals surface area contributed by atoms with Gasteiger partial charge in [0.2, 0.25) is 10.0 Å². The first kappa shape index (κ1) is 10.5. The van der Waals surface area contributed by atoms with E-state index in [1.165, 1.54) is 0 Å². The first-order chi connectivity index (χ1) is 5.99. The molecule has 1 aromatic rings. The van der Waals surface area contributed by atoms with Crippen LogP contribution in [0.1, 0.15) is 0 Å². The van der Waals surface area contributed by atoms with Gasteiger partial charge in [-0.25, -0.2) is 8.42 Å². The van der Waals surface area contributed by atoms with E-state index in [0.717, 1.165) is 6.26 Å². The van der Waals surface area contributed by atoms with E-state index in [-0.39, 0.29) is 0 Å². The third-order valence-electron chi connectivity index (χ3n) is 1.18. The highest BCUT2D eigenvalue weighted by molar-refractivity contribution is 8.04. The lowest BCUT2D eigenvalue weighted by atomic mass is 10.4. The fourth-order valence-electron chi connectivity index (χ4n) is 0.730. The minimum Gasteiger partial charge on any atom is -0.592 e. The molecule has 0 amide bonds. The molecule has 0 aliphatic carbocycles. The van der Waals surface area contributed by atoms with Crippen LogP contribution in [0.4, 0.5) is 0 Å². The van der Waals surface area contributed by atoms with Gasteiger partial charge in [-0.2, -0.15) is 0 Å². The molecular formula is C7H9NO3S2. The van der Waals surface area contributed by atoms with Gasteiger partial charge in [-0.05, 0) is 16.3 Å². The fourth-order valence-corrected chi connectivity index (χ4v) is 2.62. The maximum atomic E-state index is 11.3. The molecule has 6 heteroatoms. The van der Waals surface area contributed by atoms with E-state index in [4.69, 9.17) is 0 Å². The van der Waals surface area contributed by atoms with Gasteiger partial charge in [0.1, 0.15) is 0 Å². The first-order valence-corrected chi connectivity index (χ1v) is 6.47. The minimum atomic E-state index is -3.42. The highest BCUT2D eigenvalue weighted by Crippen LogP contribution is 2.07. The van der Waals surface area contributed by atoms with Gasteiger partial charge >= 0.3 is 0 Å². The smallest absolute Gasteiger partial charge is 0.248 e. The number of benzene rings is 1. The molecular weight excluding hydrogens is 210 g/mol. The molecule has 1 aromatic carbocycles. The molecule has 0 saturated heterocycles. The Morgan fingerprint density at radius 2 is 1.85 bits per heavy atom. The number of hydrogen-bond donors (Lipinski definition) is 1. The summed E-state index contributed by atoms with van der Waals surface area (Å²) in [5.74, 6) is 0. The summed E-state index contributed by atoms with van der Waals surface area (Å²) in [6.45, 7) is 0. The lowest BCUT2D eigenvalue weighted by Crippen LogP contribution is -2.29. The van der Waals surface area contributed by atoms with Crippen LogP contribution in [0.3, 0.4) is 0 Å². The maximum Gasteiger partial charge on any atom is 0.248 e.